The summed E-state index contributed by atoms with van der Waals surface area (Å²) in [6, 6.07) is 4.95. The summed E-state index contributed by atoms with van der Waals surface area (Å²) in [5, 5.41) is 0. The van der Waals surface area contributed by atoms with Crippen molar-refractivity contribution in [2.75, 3.05) is 39.3 Å². The van der Waals surface area contributed by atoms with Crippen LogP contribution in [0.5, 0.6) is 0 Å². The third kappa shape index (κ3) is 5.37. The highest BCUT2D eigenvalue weighted by molar-refractivity contribution is 4.98. The molecule has 0 aromatic carbocycles. The molecule has 0 saturated carbocycles. The van der Waals surface area contributed by atoms with E-state index in [2.05, 4.69) is 61.1 Å². The Morgan fingerprint density at radius 1 is 0.621 bits per heavy atom. The van der Waals surface area contributed by atoms with Crippen LogP contribution >= 0.6 is 0 Å². The van der Waals surface area contributed by atoms with E-state index in [1.165, 1.54) is 84.2 Å². The fourth-order valence-electron chi connectivity index (χ4n) is 6.86. The van der Waals surface area contributed by atoms with Gasteiger partial charge in [0.15, 0.2) is 0 Å². The average Bonchev–Trinajstić information content (AvgIpc) is 3.32. The normalized spacial score (nSPS) is 34.3. The molecule has 4 aliphatic rings. The molecule has 0 aromatic heterocycles. The maximum Gasteiger partial charge on any atom is 0.0266 e. The molecular formula is C25H50N4. The molecule has 0 spiro atoms. The Balaban J connectivity index is 0.000000166. The lowest BCUT2D eigenvalue weighted by Crippen LogP contribution is -2.52. The van der Waals surface area contributed by atoms with Crippen molar-refractivity contribution < 1.29 is 0 Å². The SMILES string of the molecule is CCCN1CCC2C1CCCN2C(C)C.CCN1CCC2C1CCCN2C(C)C. The molecule has 4 heterocycles. The molecule has 0 bridgehead atoms. The van der Waals surface area contributed by atoms with E-state index in [4.69, 9.17) is 0 Å². The highest BCUT2D eigenvalue weighted by atomic mass is 15.3. The molecule has 4 rings (SSSR count). The van der Waals surface area contributed by atoms with E-state index in [0.717, 1.165) is 36.3 Å². The lowest BCUT2D eigenvalue weighted by atomic mass is 9.95. The lowest BCUT2D eigenvalue weighted by molar-refractivity contribution is 0.0703. The monoisotopic (exact) mass is 406 g/mol. The number of likely N-dealkylation sites (N-methyl/N-ethyl adjacent to an activating group) is 1. The predicted molar refractivity (Wildman–Crippen MR) is 126 cm³/mol. The van der Waals surface area contributed by atoms with E-state index in [9.17, 15) is 0 Å². The van der Waals surface area contributed by atoms with E-state index in [0.29, 0.717) is 0 Å². The fraction of sp³-hybridized carbons (Fsp3) is 1.00. The zero-order valence-corrected chi connectivity index (χ0v) is 20.4. The van der Waals surface area contributed by atoms with E-state index in [-0.39, 0.29) is 0 Å². The van der Waals surface area contributed by atoms with Crippen molar-refractivity contribution in [2.24, 2.45) is 0 Å². The van der Waals surface area contributed by atoms with Crippen molar-refractivity contribution in [1.82, 2.24) is 19.6 Å². The molecule has 4 unspecified atom stereocenters. The lowest BCUT2D eigenvalue weighted by Gasteiger charge is -2.42. The molecule has 4 atom stereocenters. The van der Waals surface area contributed by atoms with Gasteiger partial charge in [-0.15, -0.1) is 0 Å². The smallest absolute Gasteiger partial charge is 0.0266 e. The molecule has 0 N–H and O–H groups in total. The first-order valence-corrected chi connectivity index (χ1v) is 13.0. The number of piperidine rings is 2. The Morgan fingerprint density at radius 3 is 1.55 bits per heavy atom. The molecule has 4 nitrogen and oxygen atoms in total. The number of nitrogens with zero attached hydrogens (tertiary/aromatic N) is 4. The number of fused-ring (bicyclic) bond motifs is 2. The average molecular weight is 407 g/mol. The minimum Gasteiger partial charge on any atom is -0.299 e. The third-order valence-corrected chi connectivity index (χ3v) is 8.18. The standard InChI is InChI=1S/C13H26N2.C12H24N2/c1-4-8-14-10-7-13-12(14)6-5-9-15(13)11(2)3;1-4-13-9-7-12-11(13)6-5-8-14(12)10(2)3/h11-13H,4-10H2,1-3H3;10-12H,4-9H2,1-3H3. The predicted octanol–water partition coefficient (Wildman–Crippen LogP) is 4.30. The molecule has 4 aliphatic heterocycles. The van der Waals surface area contributed by atoms with Crippen LogP contribution in [0.1, 0.15) is 86.5 Å². The Hall–Kier alpha value is -0.160. The molecule has 0 aromatic rings. The van der Waals surface area contributed by atoms with Gasteiger partial charge in [-0.25, -0.2) is 0 Å². The van der Waals surface area contributed by atoms with Gasteiger partial charge in [-0.3, -0.25) is 19.6 Å². The van der Waals surface area contributed by atoms with Crippen molar-refractivity contribution in [2.45, 2.75) is 123 Å². The molecule has 0 amide bonds. The second kappa shape index (κ2) is 10.9. The van der Waals surface area contributed by atoms with Crippen molar-refractivity contribution >= 4 is 0 Å². The third-order valence-electron chi connectivity index (χ3n) is 8.18. The first-order chi connectivity index (χ1) is 14.0. The Kier molecular flexibility index (Phi) is 8.86. The minimum atomic E-state index is 0.736. The Morgan fingerprint density at radius 2 is 1.10 bits per heavy atom. The van der Waals surface area contributed by atoms with Gasteiger partial charge in [0.25, 0.3) is 0 Å². The number of rotatable bonds is 5. The van der Waals surface area contributed by atoms with E-state index in [1.54, 1.807) is 0 Å². The molecule has 4 fully saturated rings. The second-order valence-electron chi connectivity index (χ2n) is 10.5. The maximum atomic E-state index is 2.74. The molecule has 29 heavy (non-hydrogen) atoms. The Bertz CT molecular complexity index is 479. The molecular weight excluding hydrogens is 356 g/mol. The first-order valence-electron chi connectivity index (χ1n) is 13.0. The Labute approximate surface area is 182 Å². The first kappa shape index (κ1) is 23.5. The zero-order valence-electron chi connectivity index (χ0n) is 20.4. The van der Waals surface area contributed by atoms with E-state index < -0.39 is 0 Å². The van der Waals surface area contributed by atoms with E-state index in [1.807, 2.05) is 0 Å². The van der Waals surface area contributed by atoms with Gasteiger partial charge in [0.05, 0.1) is 0 Å². The summed E-state index contributed by atoms with van der Waals surface area (Å²) in [4.78, 5) is 10.9. The summed E-state index contributed by atoms with van der Waals surface area (Å²) < 4.78 is 0. The summed E-state index contributed by atoms with van der Waals surface area (Å²) in [6.45, 7) is 21.9. The molecule has 0 radical (unpaired) electrons. The van der Waals surface area contributed by atoms with Gasteiger partial charge < -0.3 is 0 Å². The topological polar surface area (TPSA) is 13.0 Å². The van der Waals surface area contributed by atoms with Crippen LogP contribution in [0.15, 0.2) is 0 Å². The van der Waals surface area contributed by atoms with Crippen molar-refractivity contribution in [3.8, 4) is 0 Å². The number of hydrogen-bond acceptors (Lipinski definition) is 4. The van der Waals surface area contributed by atoms with Crippen LogP contribution in [0, 0.1) is 0 Å². The zero-order chi connectivity index (χ0) is 21.0. The van der Waals surface area contributed by atoms with Gasteiger partial charge in [0.1, 0.15) is 0 Å². The van der Waals surface area contributed by atoms with Gasteiger partial charge in [0, 0.05) is 49.3 Å². The molecule has 170 valence electrons. The van der Waals surface area contributed by atoms with Gasteiger partial charge in [0.2, 0.25) is 0 Å². The fourth-order valence-corrected chi connectivity index (χ4v) is 6.86. The van der Waals surface area contributed by atoms with Crippen LogP contribution < -0.4 is 0 Å². The maximum absolute atomic E-state index is 2.74. The number of likely N-dealkylation sites (tertiary alicyclic amines) is 4. The van der Waals surface area contributed by atoms with Gasteiger partial charge in [-0.2, -0.15) is 0 Å². The van der Waals surface area contributed by atoms with Crippen LogP contribution in [0.2, 0.25) is 0 Å². The quantitative estimate of drug-likeness (QED) is 0.675. The minimum absolute atomic E-state index is 0.736. The van der Waals surface area contributed by atoms with Crippen molar-refractivity contribution in [1.29, 1.82) is 0 Å². The van der Waals surface area contributed by atoms with Crippen LogP contribution in [-0.4, -0.2) is 95.1 Å². The summed E-state index contributed by atoms with van der Waals surface area (Å²) in [5.74, 6) is 0. The summed E-state index contributed by atoms with van der Waals surface area (Å²) in [6.07, 6.45) is 9.79. The summed E-state index contributed by atoms with van der Waals surface area (Å²) in [7, 11) is 0. The van der Waals surface area contributed by atoms with Crippen LogP contribution in [0.3, 0.4) is 0 Å². The summed E-state index contributed by atoms with van der Waals surface area (Å²) >= 11 is 0. The van der Waals surface area contributed by atoms with Crippen LogP contribution in [-0.2, 0) is 0 Å². The van der Waals surface area contributed by atoms with Crippen molar-refractivity contribution in [3.63, 3.8) is 0 Å². The van der Waals surface area contributed by atoms with Gasteiger partial charge in [-0.05, 0) is 98.8 Å². The summed E-state index contributed by atoms with van der Waals surface area (Å²) in [5.41, 5.74) is 0. The van der Waals surface area contributed by atoms with Crippen LogP contribution in [0.25, 0.3) is 0 Å². The highest BCUT2D eigenvalue weighted by Crippen LogP contribution is 2.32. The highest BCUT2D eigenvalue weighted by Gasteiger charge is 2.41. The van der Waals surface area contributed by atoms with Gasteiger partial charge in [-0.1, -0.05) is 13.8 Å². The van der Waals surface area contributed by atoms with Crippen molar-refractivity contribution in [3.05, 3.63) is 0 Å². The largest absolute Gasteiger partial charge is 0.299 e. The molecule has 0 aliphatic carbocycles. The van der Waals surface area contributed by atoms with Crippen LogP contribution in [0.4, 0.5) is 0 Å². The second-order valence-corrected chi connectivity index (χ2v) is 10.5. The molecule has 4 saturated heterocycles. The van der Waals surface area contributed by atoms with Gasteiger partial charge >= 0.3 is 0 Å². The van der Waals surface area contributed by atoms with E-state index >= 15 is 0 Å². The molecule has 4 heteroatoms. The number of hydrogen-bond donors (Lipinski definition) is 0.